The Hall–Kier alpha value is -1.37. The van der Waals surface area contributed by atoms with Gasteiger partial charge in [0.1, 0.15) is 0 Å². The fourth-order valence-corrected chi connectivity index (χ4v) is 3.52. The molecule has 0 aromatic heterocycles. The molecule has 1 fully saturated rings. The van der Waals surface area contributed by atoms with Gasteiger partial charge in [-0.25, -0.2) is 4.79 Å². The van der Waals surface area contributed by atoms with E-state index in [1.807, 2.05) is 11.8 Å². The van der Waals surface area contributed by atoms with Crippen LogP contribution in [-0.4, -0.2) is 28.6 Å². The molecule has 0 spiro atoms. The topological polar surface area (TPSA) is 49.3 Å². The van der Waals surface area contributed by atoms with Crippen molar-refractivity contribution < 1.29 is 23.1 Å². The van der Waals surface area contributed by atoms with Crippen LogP contribution in [0.1, 0.15) is 35.2 Å². The van der Waals surface area contributed by atoms with Crippen LogP contribution in [0.5, 0.6) is 0 Å². The van der Waals surface area contributed by atoms with Crippen LogP contribution in [0.25, 0.3) is 0 Å². The maximum absolute atomic E-state index is 12.7. The van der Waals surface area contributed by atoms with Crippen molar-refractivity contribution in [1.29, 1.82) is 0 Å². The summed E-state index contributed by atoms with van der Waals surface area (Å²) >= 11 is 1.84. The van der Waals surface area contributed by atoms with Gasteiger partial charge in [0.05, 0.1) is 11.1 Å². The van der Waals surface area contributed by atoms with Crippen LogP contribution < -0.4 is 5.32 Å². The van der Waals surface area contributed by atoms with Gasteiger partial charge in [0, 0.05) is 17.5 Å². The predicted octanol–water partition coefficient (Wildman–Crippen LogP) is 4.10. The molecule has 1 atom stereocenters. The number of carboxylic acids is 1. The minimum absolute atomic E-state index is 0.409. The highest BCUT2D eigenvalue weighted by atomic mass is 32.2. The molecule has 2 rings (SSSR count). The summed E-state index contributed by atoms with van der Waals surface area (Å²) in [6.45, 7) is 0.634. The molecule has 1 heterocycles. The molecular formula is C14H16F3NO2S. The maximum atomic E-state index is 12.7. The normalized spacial score (nSPS) is 19.3. The molecule has 0 saturated carbocycles. The van der Waals surface area contributed by atoms with E-state index in [9.17, 15) is 18.0 Å². The SMILES string of the molecule is O=C(O)c1cc(NCC2CCCCS2)ccc1C(F)(F)F. The van der Waals surface area contributed by atoms with Crippen LogP contribution in [-0.2, 0) is 6.18 Å². The zero-order chi connectivity index (χ0) is 15.5. The molecule has 7 heteroatoms. The van der Waals surface area contributed by atoms with Crippen molar-refractivity contribution in [2.45, 2.75) is 30.7 Å². The third kappa shape index (κ3) is 4.30. The van der Waals surface area contributed by atoms with Gasteiger partial charge in [-0.15, -0.1) is 0 Å². The van der Waals surface area contributed by atoms with Crippen LogP contribution >= 0.6 is 11.8 Å². The number of carbonyl (C=O) groups is 1. The summed E-state index contributed by atoms with van der Waals surface area (Å²) in [7, 11) is 0. The summed E-state index contributed by atoms with van der Waals surface area (Å²) in [5.74, 6) is -0.474. The third-order valence-electron chi connectivity index (χ3n) is 3.36. The Labute approximate surface area is 124 Å². The lowest BCUT2D eigenvalue weighted by Crippen LogP contribution is -2.20. The summed E-state index contributed by atoms with van der Waals surface area (Å²) in [6.07, 6.45) is -1.23. The standard InChI is InChI=1S/C14H16F3NO2S/c15-14(16,17)12-5-4-9(7-11(12)13(19)20)18-8-10-3-1-2-6-21-10/h4-5,7,10,18H,1-3,6,8H2,(H,19,20). The van der Waals surface area contributed by atoms with Crippen molar-refractivity contribution in [3.05, 3.63) is 29.3 Å². The number of carboxylic acid groups (broad SMARTS) is 1. The molecule has 0 amide bonds. The number of hydrogen-bond donors (Lipinski definition) is 2. The Balaban J connectivity index is 2.10. The average molecular weight is 319 g/mol. The van der Waals surface area contributed by atoms with Crippen molar-refractivity contribution in [3.8, 4) is 0 Å². The van der Waals surface area contributed by atoms with Gasteiger partial charge in [0.2, 0.25) is 0 Å². The lowest BCUT2D eigenvalue weighted by molar-refractivity contribution is -0.138. The van der Waals surface area contributed by atoms with Crippen molar-refractivity contribution in [1.82, 2.24) is 0 Å². The summed E-state index contributed by atoms with van der Waals surface area (Å²) in [5, 5.41) is 12.4. The van der Waals surface area contributed by atoms with Gasteiger partial charge in [-0.05, 0) is 36.8 Å². The summed E-state index contributed by atoms with van der Waals surface area (Å²) in [6, 6.07) is 3.15. The fraction of sp³-hybridized carbons (Fsp3) is 0.500. The van der Waals surface area contributed by atoms with E-state index < -0.39 is 23.3 Å². The molecule has 0 bridgehead atoms. The lowest BCUT2D eigenvalue weighted by Gasteiger charge is -2.22. The first-order valence-electron chi connectivity index (χ1n) is 6.68. The highest BCUT2D eigenvalue weighted by molar-refractivity contribution is 7.99. The molecule has 1 aromatic rings. The van der Waals surface area contributed by atoms with Gasteiger partial charge in [0.25, 0.3) is 0 Å². The van der Waals surface area contributed by atoms with E-state index >= 15 is 0 Å². The van der Waals surface area contributed by atoms with Crippen LogP contribution in [0.3, 0.4) is 0 Å². The van der Waals surface area contributed by atoms with Gasteiger partial charge in [-0.3, -0.25) is 0 Å². The minimum Gasteiger partial charge on any atom is -0.478 e. The van der Waals surface area contributed by atoms with E-state index in [0.29, 0.717) is 17.5 Å². The first-order valence-corrected chi connectivity index (χ1v) is 7.73. The number of alkyl halides is 3. The van der Waals surface area contributed by atoms with E-state index in [2.05, 4.69) is 5.32 Å². The largest absolute Gasteiger partial charge is 0.478 e. The number of thioether (sulfide) groups is 1. The summed E-state index contributed by atoms with van der Waals surface area (Å²) < 4.78 is 38.2. The Morgan fingerprint density at radius 3 is 2.71 bits per heavy atom. The molecular weight excluding hydrogens is 303 g/mol. The molecule has 1 aromatic carbocycles. The molecule has 116 valence electrons. The van der Waals surface area contributed by atoms with Crippen molar-refractivity contribution >= 4 is 23.4 Å². The number of halogens is 3. The van der Waals surface area contributed by atoms with Crippen LogP contribution in [0, 0.1) is 0 Å². The Morgan fingerprint density at radius 2 is 2.14 bits per heavy atom. The van der Waals surface area contributed by atoms with Crippen LogP contribution in [0.4, 0.5) is 18.9 Å². The van der Waals surface area contributed by atoms with Crippen LogP contribution in [0.15, 0.2) is 18.2 Å². The molecule has 1 saturated heterocycles. The first kappa shape index (κ1) is 16.0. The van der Waals surface area contributed by atoms with Gasteiger partial charge in [0.15, 0.2) is 0 Å². The highest BCUT2D eigenvalue weighted by Gasteiger charge is 2.35. The second kappa shape index (κ2) is 6.60. The van der Waals surface area contributed by atoms with Crippen molar-refractivity contribution in [2.75, 3.05) is 17.6 Å². The molecule has 1 aliphatic rings. The van der Waals surface area contributed by atoms with Gasteiger partial charge in [-0.1, -0.05) is 6.42 Å². The molecule has 3 nitrogen and oxygen atoms in total. The molecule has 1 aliphatic heterocycles. The smallest absolute Gasteiger partial charge is 0.417 e. The van der Waals surface area contributed by atoms with E-state index in [1.54, 1.807) is 0 Å². The maximum Gasteiger partial charge on any atom is 0.417 e. The summed E-state index contributed by atoms with van der Waals surface area (Å²) in [5.41, 5.74) is -1.43. The first-order chi connectivity index (χ1) is 9.88. The molecule has 1 unspecified atom stereocenters. The number of aromatic carboxylic acids is 1. The van der Waals surface area contributed by atoms with E-state index in [4.69, 9.17) is 5.11 Å². The number of benzene rings is 1. The number of nitrogens with one attached hydrogen (secondary N) is 1. The van der Waals surface area contributed by atoms with Gasteiger partial charge in [-0.2, -0.15) is 24.9 Å². The Bertz CT molecular complexity index is 513. The fourth-order valence-electron chi connectivity index (χ4n) is 2.28. The third-order valence-corrected chi connectivity index (χ3v) is 4.76. The number of hydrogen-bond acceptors (Lipinski definition) is 3. The van der Waals surface area contributed by atoms with E-state index in [-0.39, 0.29) is 0 Å². The van der Waals surface area contributed by atoms with Gasteiger partial charge >= 0.3 is 12.1 Å². The lowest BCUT2D eigenvalue weighted by atomic mass is 10.1. The zero-order valence-corrected chi connectivity index (χ0v) is 12.1. The van der Waals surface area contributed by atoms with Crippen LogP contribution in [0.2, 0.25) is 0 Å². The predicted molar refractivity (Wildman–Crippen MR) is 77.0 cm³/mol. The minimum atomic E-state index is -4.66. The van der Waals surface area contributed by atoms with Gasteiger partial charge < -0.3 is 10.4 Å². The molecule has 2 N–H and O–H groups in total. The monoisotopic (exact) mass is 319 g/mol. The van der Waals surface area contributed by atoms with E-state index in [1.165, 1.54) is 12.5 Å². The quantitative estimate of drug-likeness (QED) is 0.877. The molecule has 21 heavy (non-hydrogen) atoms. The molecule has 0 aliphatic carbocycles. The number of rotatable bonds is 4. The number of anilines is 1. The Morgan fingerprint density at radius 1 is 1.38 bits per heavy atom. The highest BCUT2D eigenvalue weighted by Crippen LogP contribution is 2.33. The Kier molecular flexibility index (Phi) is 5.03. The van der Waals surface area contributed by atoms with Crippen molar-refractivity contribution in [2.24, 2.45) is 0 Å². The molecule has 0 radical (unpaired) electrons. The second-order valence-electron chi connectivity index (χ2n) is 4.93. The zero-order valence-electron chi connectivity index (χ0n) is 11.2. The van der Waals surface area contributed by atoms with E-state index in [0.717, 1.165) is 30.7 Å². The second-order valence-corrected chi connectivity index (χ2v) is 6.34. The summed E-state index contributed by atoms with van der Waals surface area (Å²) in [4.78, 5) is 11.0. The van der Waals surface area contributed by atoms with Crippen molar-refractivity contribution in [3.63, 3.8) is 0 Å². The average Bonchev–Trinajstić information content (AvgIpc) is 2.45.